The van der Waals surface area contributed by atoms with Gasteiger partial charge in [-0.1, -0.05) is 25.1 Å². The normalized spacial score (nSPS) is 18.2. The number of ether oxygens (including phenoxy) is 1. The smallest absolute Gasteiger partial charge is 0.309 e. The number of rotatable bonds is 8. The van der Waals surface area contributed by atoms with E-state index in [1.807, 2.05) is 18.0 Å². The molecule has 6 nitrogen and oxygen atoms in total. The van der Waals surface area contributed by atoms with Crippen molar-refractivity contribution in [3.05, 3.63) is 30.3 Å². The first-order valence-electron chi connectivity index (χ1n) is 8.82. The van der Waals surface area contributed by atoms with Gasteiger partial charge in [-0.05, 0) is 31.5 Å². The monoisotopic (exact) mass is 347 g/mol. The van der Waals surface area contributed by atoms with Gasteiger partial charge in [0, 0.05) is 31.9 Å². The molecule has 1 heterocycles. The lowest BCUT2D eigenvalue weighted by molar-refractivity contribution is -0.145. The number of carbonyl (C=O) groups is 2. The molecule has 2 atom stereocenters. The average Bonchev–Trinajstić information content (AvgIpc) is 3.09. The van der Waals surface area contributed by atoms with Crippen LogP contribution < -0.4 is 10.2 Å². The van der Waals surface area contributed by atoms with E-state index in [4.69, 9.17) is 4.74 Å². The van der Waals surface area contributed by atoms with Crippen LogP contribution in [0.3, 0.4) is 0 Å². The van der Waals surface area contributed by atoms with Crippen molar-refractivity contribution in [3.63, 3.8) is 0 Å². The minimum atomic E-state index is -0.251. The van der Waals surface area contributed by atoms with Crippen molar-refractivity contribution < 1.29 is 14.3 Å². The van der Waals surface area contributed by atoms with Crippen LogP contribution in [-0.2, 0) is 14.3 Å². The summed E-state index contributed by atoms with van der Waals surface area (Å²) < 4.78 is 4.71. The minimum absolute atomic E-state index is 0.00210. The highest BCUT2D eigenvalue weighted by Gasteiger charge is 2.23. The third-order valence-electron chi connectivity index (χ3n) is 4.60. The lowest BCUT2D eigenvalue weighted by atomic mass is 10.1. The highest BCUT2D eigenvalue weighted by Crippen LogP contribution is 2.22. The van der Waals surface area contributed by atoms with Gasteiger partial charge >= 0.3 is 5.97 Å². The fourth-order valence-corrected chi connectivity index (χ4v) is 3.24. The second-order valence-electron chi connectivity index (χ2n) is 6.86. The minimum Gasteiger partial charge on any atom is -0.469 e. The number of esters is 1. The van der Waals surface area contributed by atoms with Gasteiger partial charge in [0.25, 0.3) is 0 Å². The van der Waals surface area contributed by atoms with Gasteiger partial charge < -0.3 is 15.0 Å². The topological polar surface area (TPSA) is 61.9 Å². The predicted octanol–water partition coefficient (Wildman–Crippen LogP) is 1.37. The summed E-state index contributed by atoms with van der Waals surface area (Å²) in [4.78, 5) is 27.7. The molecular weight excluding hydrogens is 318 g/mol. The van der Waals surface area contributed by atoms with Crippen molar-refractivity contribution in [1.82, 2.24) is 10.2 Å². The zero-order valence-electron chi connectivity index (χ0n) is 15.4. The van der Waals surface area contributed by atoms with Crippen molar-refractivity contribution >= 4 is 17.6 Å². The Balaban J connectivity index is 1.68. The highest BCUT2D eigenvalue weighted by molar-refractivity contribution is 5.78. The van der Waals surface area contributed by atoms with E-state index in [0.717, 1.165) is 19.5 Å². The first-order chi connectivity index (χ1) is 12.0. The summed E-state index contributed by atoms with van der Waals surface area (Å²) >= 11 is 0. The van der Waals surface area contributed by atoms with Gasteiger partial charge in [0.15, 0.2) is 0 Å². The number of nitrogens with one attached hydrogen (secondary N) is 1. The summed E-state index contributed by atoms with van der Waals surface area (Å²) in [7, 11) is 3.22. The molecule has 138 valence electrons. The standard InChI is InChI=1S/C19H29N3O3/c1-15(19(24)25-3)12-21(2)14-18(23)20-11-16-9-10-22(13-16)17-7-5-4-6-8-17/h4-8,15-16H,9-14H2,1-3H3,(H,20,23). The molecule has 1 saturated heterocycles. The molecule has 0 aromatic heterocycles. The Labute approximate surface area is 150 Å². The Hall–Kier alpha value is -2.08. The summed E-state index contributed by atoms with van der Waals surface area (Å²) in [5.74, 6) is -0.0162. The summed E-state index contributed by atoms with van der Waals surface area (Å²) in [5.41, 5.74) is 1.24. The number of amides is 1. The van der Waals surface area contributed by atoms with E-state index in [1.54, 1.807) is 6.92 Å². The number of carbonyl (C=O) groups excluding carboxylic acids is 2. The first kappa shape index (κ1) is 19.2. The average molecular weight is 347 g/mol. The molecule has 0 bridgehead atoms. The van der Waals surface area contributed by atoms with Gasteiger partial charge in [-0.25, -0.2) is 0 Å². The SMILES string of the molecule is COC(=O)C(C)CN(C)CC(=O)NCC1CCN(c2ccccc2)C1. The molecule has 2 unspecified atom stereocenters. The zero-order valence-corrected chi connectivity index (χ0v) is 15.4. The maximum absolute atomic E-state index is 12.1. The van der Waals surface area contributed by atoms with Crippen LogP contribution in [0.5, 0.6) is 0 Å². The second-order valence-corrected chi connectivity index (χ2v) is 6.86. The van der Waals surface area contributed by atoms with E-state index in [9.17, 15) is 9.59 Å². The third kappa shape index (κ3) is 6.05. The van der Waals surface area contributed by atoms with E-state index >= 15 is 0 Å². The van der Waals surface area contributed by atoms with Gasteiger partial charge in [-0.15, -0.1) is 0 Å². The first-order valence-corrected chi connectivity index (χ1v) is 8.82. The van der Waals surface area contributed by atoms with Crippen molar-refractivity contribution in [3.8, 4) is 0 Å². The number of anilines is 1. The number of para-hydroxylation sites is 1. The fourth-order valence-electron chi connectivity index (χ4n) is 3.24. The molecule has 1 amide bonds. The number of methoxy groups -OCH3 is 1. The van der Waals surface area contributed by atoms with Gasteiger partial charge in [0.05, 0.1) is 19.6 Å². The molecule has 1 fully saturated rings. The fraction of sp³-hybridized carbons (Fsp3) is 0.579. The Morgan fingerprint density at radius 1 is 1.36 bits per heavy atom. The second kappa shape index (κ2) is 9.42. The van der Waals surface area contributed by atoms with Crippen LogP contribution >= 0.6 is 0 Å². The van der Waals surface area contributed by atoms with Crippen LogP contribution in [0.25, 0.3) is 0 Å². The van der Waals surface area contributed by atoms with Crippen LogP contribution in [-0.4, -0.2) is 63.7 Å². The number of hydrogen-bond acceptors (Lipinski definition) is 5. The third-order valence-corrected chi connectivity index (χ3v) is 4.60. The summed E-state index contributed by atoms with van der Waals surface area (Å²) in [6.07, 6.45) is 1.09. The van der Waals surface area contributed by atoms with Crippen molar-refractivity contribution in [2.24, 2.45) is 11.8 Å². The quantitative estimate of drug-likeness (QED) is 0.720. The predicted molar refractivity (Wildman–Crippen MR) is 98.4 cm³/mol. The maximum atomic E-state index is 12.1. The van der Waals surface area contributed by atoms with Crippen LogP contribution in [0, 0.1) is 11.8 Å². The Morgan fingerprint density at radius 2 is 2.08 bits per heavy atom. The summed E-state index contributed by atoms with van der Waals surface area (Å²) in [5, 5.41) is 3.02. The molecule has 2 rings (SSSR count). The maximum Gasteiger partial charge on any atom is 0.309 e. The molecule has 25 heavy (non-hydrogen) atoms. The lowest BCUT2D eigenvalue weighted by Crippen LogP contribution is -2.40. The molecule has 1 aromatic carbocycles. The molecule has 6 heteroatoms. The molecule has 0 saturated carbocycles. The Bertz CT molecular complexity index is 564. The number of benzene rings is 1. The van der Waals surface area contributed by atoms with Crippen LogP contribution in [0.15, 0.2) is 30.3 Å². The largest absolute Gasteiger partial charge is 0.469 e. The highest BCUT2D eigenvalue weighted by atomic mass is 16.5. The van der Waals surface area contributed by atoms with Gasteiger partial charge in [0.2, 0.25) is 5.91 Å². The van der Waals surface area contributed by atoms with Crippen molar-refractivity contribution in [2.45, 2.75) is 13.3 Å². The van der Waals surface area contributed by atoms with Crippen LogP contribution in [0.2, 0.25) is 0 Å². The van der Waals surface area contributed by atoms with Gasteiger partial charge in [-0.3, -0.25) is 14.5 Å². The molecule has 1 aliphatic rings. The van der Waals surface area contributed by atoms with E-state index in [-0.39, 0.29) is 24.3 Å². The van der Waals surface area contributed by atoms with Crippen molar-refractivity contribution in [1.29, 1.82) is 0 Å². The van der Waals surface area contributed by atoms with Gasteiger partial charge in [0.1, 0.15) is 0 Å². The lowest BCUT2D eigenvalue weighted by Gasteiger charge is -2.20. The number of likely N-dealkylation sites (N-methyl/N-ethyl adjacent to an activating group) is 1. The van der Waals surface area contributed by atoms with Crippen molar-refractivity contribution in [2.75, 3.05) is 51.8 Å². The molecule has 0 spiro atoms. The Kier molecular flexibility index (Phi) is 7.25. The molecule has 1 N–H and O–H groups in total. The molecular formula is C19H29N3O3. The molecule has 0 aliphatic carbocycles. The van der Waals surface area contributed by atoms with E-state index in [1.165, 1.54) is 12.8 Å². The van der Waals surface area contributed by atoms with Crippen LogP contribution in [0.4, 0.5) is 5.69 Å². The molecule has 0 radical (unpaired) electrons. The van der Waals surface area contributed by atoms with E-state index < -0.39 is 0 Å². The number of hydrogen-bond donors (Lipinski definition) is 1. The summed E-state index contributed by atoms with van der Waals surface area (Å²) in [6.45, 7) is 5.29. The molecule has 1 aromatic rings. The Morgan fingerprint density at radius 3 is 2.76 bits per heavy atom. The van der Waals surface area contributed by atoms with E-state index in [0.29, 0.717) is 19.0 Å². The number of nitrogens with zero attached hydrogens (tertiary/aromatic N) is 2. The van der Waals surface area contributed by atoms with Gasteiger partial charge in [-0.2, -0.15) is 0 Å². The van der Waals surface area contributed by atoms with E-state index in [2.05, 4.69) is 34.5 Å². The van der Waals surface area contributed by atoms with Crippen LogP contribution in [0.1, 0.15) is 13.3 Å². The summed E-state index contributed by atoms with van der Waals surface area (Å²) in [6, 6.07) is 10.4. The molecule has 1 aliphatic heterocycles. The zero-order chi connectivity index (χ0) is 18.2.